The van der Waals surface area contributed by atoms with Crippen molar-refractivity contribution in [2.45, 2.75) is 26.8 Å². The van der Waals surface area contributed by atoms with Crippen LogP contribution in [0.3, 0.4) is 0 Å². The fourth-order valence-corrected chi connectivity index (χ4v) is 2.95. The van der Waals surface area contributed by atoms with Gasteiger partial charge in [-0.3, -0.25) is 4.79 Å². The second kappa shape index (κ2) is 8.46. The van der Waals surface area contributed by atoms with Gasteiger partial charge in [-0.2, -0.15) is 0 Å². The van der Waals surface area contributed by atoms with E-state index in [1.165, 1.54) is 11.6 Å². The normalized spacial score (nSPS) is 10.9. The predicted octanol–water partition coefficient (Wildman–Crippen LogP) is 3.23. The Kier molecular flexibility index (Phi) is 6.52. The van der Waals surface area contributed by atoms with Crippen LogP contribution in [0, 0.1) is 6.92 Å². The molecule has 0 saturated heterocycles. The van der Waals surface area contributed by atoms with E-state index in [0.29, 0.717) is 34.6 Å². The molecule has 27 heavy (non-hydrogen) atoms. The molecule has 6 heteroatoms. The summed E-state index contributed by atoms with van der Waals surface area (Å²) >= 11 is 0. The number of nitrogens with one attached hydrogen (secondary N) is 1. The van der Waals surface area contributed by atoms with E-state index in [4.69, 9.17) is 9.15 Å². The molecule has 0 unspecified atom stereocenters. The summed E-state index contributed by atoms with van der Waals surface area (Å²) in [4.78, 5) is 14.1. The van der Waals surface area contributed by atoms with Crippen LogP contribution in [0.15, 0.2) is 45.6 Å². The number of aryl methyl sites for hydroxylation is 2. The number of quaternary nitrogens is 1. The van der Waals surface area contributed by atoms with Crippen molar-refractivity contribution >= 4 is 23.4 Å². The first-order valence-electron chi connectivity index (χ1n) is 8.74. The molecule has 0 aliphatic carbocycles. The highest BCUT2D eigenvalue weighted by atomic mass is 35.5. The Balaban J connectivity index is 0.00000261. The van der Waals surface area contributed by atoms with Gasteiger partial charge >= 0.3 is 0 Å². The molecule has 3 aromatic rings. The number of phenols is 1. The maximum atomic E-state index is 13.0. The van der Waals surface area contributed by atoms with Crippen LogP contribution < -0.4 is 15.1 Å². The molecule has 0 spiro atoms. The maximum Gasteiger partial charge on any atom is 0.235 e. The molecule has 0 fully saturated rings. The topological polar surface area (TPSA) is 64.1 Å². The molecule has 5 nitrogen and oxygen atoms in total. The largest absolute Gasteiger partial charge is 0.507 e. The van der Waals surface area contributed by atoms with Gasteiger partial charge in [0.25, 0.3) is 0 Å². The van der Waals surface area contributed by atoms with Gasteiger partial charge in [-0.05, 0) is 43.2 Å². The molecule has 0 amide bonds. The highest BCUT2D eigenvalue weighted by Gasteiger charge is 2.19. The number of ether oxygens (including phenoxy) is 1. The number of hydrogen-bond donors (Lipinski definition) is 2. The summed E-state index contributed by atoms with van der Waals surface area (Å²) in [7, 11) is 3.95. The summed E-state index contributed by atoms with van der Waals surface area (Å²) in [6.45, 7) is 4.33. The molecule has 144 valence electrons. The van der Waals surface area contributed by atoms with Gasteiger partial charge < -0.3 is 19.2 Å². The van der Waals surface area contributed by atoms with Crippen LogP contribution in [0.1, 0.15) is 23.8 Å². The van der Waals surface area contributed by atoms with Crippen LogP contribution in [-0.4, -0.2) is 19.2 Å². The van der Waals surface area contributed by atoms with Crippen molar-refractivity contribution < 1.29 is 19.2 Å². The summed E-state index contributed by atoms with van der Waals surface area (Å²) in [6.07, 6.45) is 0.942. The zero-order chi connectivity index (χ0) is 18.8. The van der Waals surface area contributed by atoms with E-state index >= 15 is 0 Å². The van der Waals surface area contributed by atoms with Gasteiger partial charge in [0.05, 0.1) is 25.0 Å². The minimum Gasteiger partial charge on any atom is -0.507 e. The summed E-state index contributed by atoms with van der Waals surface area (Å²) in [6, 6.07) is 10.8. The van der Waals surface area contributed by atoms with E-state index < -0.39 is 0 Å². The Hall–Kier alpha value is -2.50. The smallest absolute Gasteiger partial charge is 0.235 e. The number of rotatable bonds is 5. The van der Waals surface area contributed by atoms with Crippen molar-refractivity contribution in [3.63, 3.8) is 0 Å². The second-order valence-electron chi connectivity index (χ2n) is 6.74. The lowest BCUT2D eigenvalue weighted by Crippen LogP contribution is -3.04. The van der Waals surface area contributed by atoms with Crippen molar-refractivity contribution in [1.82, 2.24) is 0 Å². The van der Waals surface area contributed by atoms with Crippen LogP contribution in [0.5, 0.6) is 17.2 Å². The predicted molar refractivity (Wildman–Crippen MR) is 109 cm³/mol. The number of hydrogen-bond acceptors (Lipinski definition) is 4. The van der Waals surface area contributed by atoms with Crippen LogP contribution in [0.4, 0.5) is 0 Å². The quantitative estimate of drug-likeness (QED) is 0.702. The lowest BCUT2D eigenvalue weighted by Gasteiger charge is -2.13. The van der Waals surface area contributed by atoms with E-state index in [1.807, 2.05) is 38.4 Å². The number of benzene rings is 2. The highest BCUT2D eigenvalue weighted by molar-refractivity contribution is 5.85. The first-order chi connectivity index (χ1) is 12.4. The Labute approximate surface area is 164 Å². The summed E-state index contributed by atoms with van der Waals surface area (Å²) in [5, 5.41) is 10.6. The van der Waals surface area contributed by atoms with Crippen molar-refractivity contribution in [3.8, 4) is 17.2 Å². The van der Waals surface area contributed by atoms with Crippen LogP contribution >= 0.6 is 12.4 Å². The van der Waals surface area contributed by atoms with E-state index in [1.54, 1.807) is 13.0 Å². The number of halogens is 1. The summed E-state index contributed by atoms with van der Waals surface area (Å²) in [5.41, 5.74) is 2.01. The summed E-state index contributed by atoms with van der Waals surface area (Å²) < 4.78 is 11.7. The molecule has 3 rings (SSSR count). The molecule has 1 heterocycles. The summed E-state index contributed by atoms with van der Waals surface area (Å²) in [5.74, 6) is 1.29. The second-order valence-corrected chi connectivity index (χ2v) is 6.74. The standard InChI is InChI=1S/C21H23NO4.ClH/c1-5-14-6-8-15(9-7-14)26-20-13(2)25-21-16(19(20)24)10-11-18(23)17(21)12-22(3)4;/h6-11,23H,5,12H2,1-4H3;1H/p+1. The molecule has 1 aromatic heterocycles. The van der Waals surface area contributed by atoms with E-state index in [-0.39, 0.29) is 29.3 Å². The van der Waals surface area contributed by atoms with E-state index in [2.05, 4.69) is 6.92 Å². The lowest BCUT2D eigenvalue weighted by molar-refractivity contribution is -0.872. The molecule has 2 N–H and O–H groups in total. The van der Waals surface area contributed by atoms with Gasteiger partial charge in [0.1, 0.15) is 23.8 Å². The Morgan fingerprint density at radius 2 is 1.78 bits per heavy atom. The molecule has 0 atom stereocenters. The SMILES string of the molecule is CCc1ccc(Oc2c(C)oc3c(C[NH+](C)C)c(O)ccc3c2=O)cc1.Cl. The minimum atomic E-state index is -0.238. The maximum absolute atomic E-state index is 13.0. The first-order valence-corrected chi connectivity index (χ1v) is 8.74. The van der Waals surface area contributed by atoms with Crippen LogP contribution in [-0.2, 0) is 13.0 Å². The van der Waals surface area contributed by atoms with Crippen molar-refractivity contribution in [3.05, 3.63) is 63.5 Å². The molecule has 2 aromatic carbocycles. The average molecular weight is 391 g/mol. The van der Waals surface area contributed by atoms with Gasteiger partial charge in [0.2, 0.25) is 11.2 Å². The number of aromatic hydroxyl groups is 1. The fraction of sp³-hybridized carbons (Fsp3) is 0.286. The minimum absolute atomic E-state index is 0. The van der Waals surface area contributed by atoms with Crippen molar-refractivity contribution in [2.24, 2.45) is 0 Å². The van der Waals surface area contributed by atoms with Crippen molar-refractivity contribution in [2.75, 3.05) is 14.1 Å². The third-order valence-electron chi connectivity index (χ3n) is 4.34. The van der Waals surface area contributed by atoms with Gasteiger partial charge in [0.15, 0.2) is 5.58 Å². The first kappa shape index (κ1) is 20.8. The van der Waals surface area contributed by atoms with Crippen LogP contribution in [0.2, 0.25) is 0 Å². The van der Waals surface area contributed by atoms with E-state index in [0.717, 1.165) is 11.3 Å². The zero-order valence-electron chi connectivity index (χ0n) is 16.0. The van der Waals surface area contributed by atoms with E-state index in [9.17, 15) is 9.90 Å². The monoisotopic (exact) mass is 390 g/mol. The molecule has 0 saturated carbocycles. The molecule has 0 radical (unpaired) electrons. The third-order valence-corrected chi connectivity index (χ3v) is 4.34. The van der Waals surface area contributed by atoms with Gasteiger partial charge in [0, 0.05) is 0 Å². The molecular formula is C21H25ClNO4+. The molecule has 0 aliphatic heterocycles. The number of phenolic OH excluding ortho intramolecular Hbond substituents is 1. The van der Waals surface area contributed by atoms with Gasteiger partial charge in [-0.25, -0.2) is 0 Å². The van der Waals surface area contributed by atoms with Gasteiger partial charge in [-0.15, -0.1) is 12.4 Å². The Bertz CT molecular complexity index is 994. The third kappa shape index (κ3) is 4.26. The number of fused-ring (bicyclic) bond motifs is 1. The molecule has 0 bridgehead atoms. The van der Waals surface area contributed by atoms with Gasteiger partial charge in [-0.1, -0.05) is 19.1 Å². The molecule has 0 aliphatic rings. The lowest BCUT2D eigenvalue weighted by atomic mass is 10.1. The fourth-order valence-electron chi connectivity index (χ4n) is 2.95. The Morgan fingerprint density at radius 3 is 2.37 bits per heavy atom. The Morgan fingerprint density at radius 1 is 1.11 bits per heavy atom. The highest BCUT2D eigenvalue weighted by Crippen LogP contribution is 2.30. The molecular weight excluding hydrogens is 366 g/mol. The average Bonchev–Trinajstić information content (AvgIpc) is 2.61. The van der Waals surface area contributed by atoms with Crippen LogP contribution in [0.25, 0.3) is 11.0 Å². The zero-order valence-corrected chi connectivity index (χ0v) is 16.8. The van der Waals surface area contributed by atoms with Crippen molar-refractivity contribution in [1.29, 1.82) is 0 Å².